The van der Waals surface area contributed by atoms with E-state index in [1.807, 2.05) is 13.8 Å². The number of nitrogens with one attached hydrogen (secondary N) is 1. The zero-order valence-electron chi connectivity index (χ0n) is 14.1. The number of carbonyl (C=O) groups excluding carboxylic acids is 1. The van der Waals surface area contributed by atoms with Gasteiger partial charge in [0.2, 0.25) is 5.91 Å². The summed E-state index contributed by atoms with van der Waals surface area (Å²) < 4.78 is 0. The highest BCUT2D eigenvalue weighted by Crippen LogP contribution is 2.27. The fourth-order valence-corrected chi connectivity index (χ4v) is 3.29. The lowest BCUT2D eigenvalue weighted by Crippen LogP contribution is -2.46. The van der Waals surface area contributed by atoms with Crippen molar-refractivity contribution >= 4 is 5.91 Å². The first-order valence-electron chi connectivity index (χ1n) is 8.64. The number of likely N-dealkylation sites (N-methyl/N-ethyl adjacent to an activating group) is 1. The van der Waals surface area contributed by atoms with E-state index in [9.17, 15) is 9.90 Å². The number of aliphatic hydroxyl groups excluding tert-OH is 1. The molecule has 5 heteroatoms. The summed E-state index contributed by atoms with van der Waals surface area (Å²) >= 11 is 0. The Morgan fingerprint density at radius 2 is 2.09 bits per heavy atom. The Bertz CT molecular complexity index is 361. The molecule has 0 aromatic carbocycles. The molecule has 1 fully saturated rings. The molecule has 0 aromatic rings. The van der Waals surface area contributed by atoms with Crippen LogP contribution >= 0.6 is 0 Å². The van der Waals surface area contributed by atoms with E-state index in [1.165, 1.54) is 32.1 Å². The summed E-state index contributed by atoms with van der Waals surface area (Å²) in [6.45, 7) is 5.34. The quantitative estimate of drug-likeness (QED) is 0.682. The minimum atomic E-state index is -0.143. The number of rotatable bonds is 9. The van der Waals surface area contributed by atoms with E-state index in [4.69, 9.17) is 5.26 Å². The number of amides is 1. The van der Waals surface area contributed by atoms with Crippen LogP contribution in [0.4, 0.5) is 0 Å². The van der Waals surface area contributed by atoms with E-state index < -0.39 is 0 Å². The molecule has 1 amide bonds. The molecule has 0 aromatic heterocycles. The molecule has 126 valence electrons. The summed E-state index contributed by atoms with van der Waals surface area (Å²) in [5.74, 6) is 0.473. The van der Waals surface area contributed by atoms with E-state index in [2.05, 4.69) is 11.4 Å². The molecule has 1 rings (SSSR count). The molecule has 1 aliphatic carbocycles. The Labute approximate surface area is 134 Å². The first-order valence-corrected chi connectivity index (χ1v) is 8.64. The zero-order chi connectivity index (χ0) is 16.4. The highest BCUT2D eigenvalue weighted by molar-refractivity contribution is 5.78. The van der Waals surface area contributed by atoms with Gasteiger partial charge in [-0.1, -0.05) is 19.3 Å². The summed E-state index contributed by atoms with van der Waals surface area (Å²) in [6.07, 6.45) is 6.89. The Morgan fingerprint density at radius 1 is 1.41 bits per heavy atom. The Hall–Kier alpha value is -1.12. The second-order valence-corrected chi connectivity index (χ2v) is 6.36. The molecule has 0 heterocycles. The van der Waals surface area contributed by atoms with Crippen LogP contribution in [0.2, 0.25) is 0 Å². The maximum absolute atomic E-state index is 12.3. The van der Waals surface area contributed by atoms with Gasteiger partial charge in [-0.15, -0.1) is 0 Å². The first kappa shape index (κ1) is 18.9. The van der Waals surface area contributed by atoms with Crippen molar-refractivity contribution in [3.63, 3.8) is 0 Å². The van der Waals surface area contributed by atoms with E-state index in [1.54, 1.807) is 4.90 Å². The fourth-order valence-electron chi connectivity index (χ4n) is 3.29. The van der Waals surface area contributed by atoms with Gasteiger partial charge >= 0.3 is 0 Å². The van der Waals surface area contributed by atoms with Gasteiger partial charge in [-0.3, -0.25) is 4.79 Å². The molecule has 0 saturated heterocycles. The van der Waals surface area contributed by atoms with E-state index in [0.717, 1.165) is 0 Å². The first-order chi connectivity index (χ1) is 10.6. The van der Waals surface area contributed by atoms with Gasteiger partial charge in [0, 0.05) is 25.7 Å². The van der Waals surface area contributed by atoms with Crippen molar-refractivity contribution in [2.45, 2.75) is 58.4 Å². The topological polar surface area (TPSA) is 76.4 Å². The molecule has 0 bridgehead atoms. The lowest BCUT2D eigenvalue weighted by atomic mass is 9.83. The highest BCUT2D eigenvalue weighted by Gasteiger charge is 2.24. The third kappa shape index (κ3) is 6.33. The van der Waals surface area contributed by atoms with Gasteiger partial charge < -0.3 is 15.3 Å². The van der Waals surface area contributed by atoms with Crippen LogP contribution in [0.25, 0.3) is 0 Å². The third-order valence-corrected chi connectivity index (χ3v) is 4.62. The molecule has 0 unspecified atom stereocenters. The van der Waals surface area contributed by atoms with Gasteiger partial charge in [-0.05, 0) is 39.0 Å². The van der Waals surface area contributed by atoms with Crippen LogP contribution in [0.5, 0.6) is 0 Å². The lowest BCUT2D eigenvalue weighted by Gasteiger charge is -2.31. The highest BCUT2D eigenvalue weighted by atomic mass is 16.3. The number of hydrogen-bond acceptors (Lipinski definition) is 4. The van der Waals surface area contributed by atoms with Gasteiger partial charge in [0.1, 0.15) is 0 Å². The van der Waals surface area contributed by atoms with Crippen molar-refractivity contribution in [3.8, 4) is 6.07 Å². The predicted octanol–water partition coefficient (Wildman–Crippen LogP) is 1.92. The molecule has 1 saturated carbocycles. The summed E-state index contributed by atoms with van der Waals surface area (Å²) in [4.78, 5) is 14.0. The fraction of sp³-hybridized carbons (Fsp3) is 0.882. The number of aliphatic hydroxyl groups is 1. The maximum Gasteiger partial charge on any atom is 0.236 e. The van der Waals surface area contributed by atoms with Crippen molar-refractivity contribution in [1.29, 1.82) is 5.26 Å². The summed E-state index contributed by atoms with van der Waals surface area (Å²) in [5.41, 5.74) is 0. The van der Waals surface area contributed by atoms with Gasteiger partial charge in [0.15, 0.2) is 0 Å². The van der Waals surface area contributed by atoms with Gasteiger partial charge in [-0.2, -0.15) is 5.26 Å². The standard InChI is InChI=1S/C17H31N3O2/c1-3-20(13-14(2)11-18)17(22)12-19-16(9-10-21)15-7-5-4-6-8-15/h14-16,19,21H,3-10,12-13H2,1-2H3/t14-,16+/m1/s1. The van der Waals surface area contributed by atoms with Crippen LogP contribution < -0.4 is 5.32 Å². The SMILES string of the molecule is CCN(C[C@H](C)C#N)C(=O)CN[C@@H](CCO)C1CCCCC1. The Kier molecular flexibility index (Phi) is 9.10. The van der Waals surface area contributed by atoms with Crippen LogP contribution in [0.3, 0.4) is 0 Å². The molecule has 0 radical (unpaired) electrons. The van der Waals surface area contributed by atoms with Crippen LogP contribution in [0, 0.1) is 23.2 Å². The van der Waals surface area contributed by atoms with Crippen molar-refractivity contribution in [3.05, 3.63) is 0 Å². The maximum atomic E-state index is 12.3. The number of carbonyl (C=O) groups is 1. The van der Waals surface area contributed by atoms with Crippen LogP contribution in [-0.4, -0.2) is 48.2 Å². The normalized spacial score (nSPS) is 18.5. The van der Waals surface area contributed by atoms with Crippen molar-refractivity contribution < 1.29 is 9.90 Å². The number of nitriles is 1. The third-order valence-electron chi connectivity index (χ3n) is 4.62. The van der Waals surface area contributed by atoms with E-state index in [-0.39, 0.29) is 24.5 Å². The van der Waals surface area contributed by atoms with E-state index >= 15 is 0 Å². The van der Waals surface area contributed by atoms with Crippen molar-refractivity contribution in [1.82, 2.24) is 10.2 Å². The Morgan fingerprint density at radius 3 is 2.64 bits per heavy atom. The minimum absolute atomic E-state index is 0.0448. The monoisotopic (exact) mass is 309 g/mol. The molecule has 1 aliphatic rings. The minimum Gasteiger partial charge on any atom is -0.396 e. The molecule has 2 atom stereocenters. The number of nitrogens with zero attached hydrogens (tertiary/aromatic N) is 2. The number of hydrogen-bond donors (Lipinski definition) is 2. The van der Waals surface area contributed by atoms with Gasteiger partial charge in [0.25, 0.3) is 0 Å². The van der Waals surface area contributed by atoms with Crippen LogP contribution in [-0.2, 0) is 4.79 Å². The van der Waals surface area contributed by atoms with Crippen molar-refractivity contribution in [2.75, 3.05) is 26.2 Å². The molecule has 2 N–H and O–H groups in total. The second kappa shape index (κ2) is 10.6. The molecular formula is C17H31N3O2. The van der Waals surface area contributed by atoms with Gasteiger partial charge in [0.05, 0.1) is 18.5 Å². The van der Waals surface area contributed by atoms with Gasteiger partial charge in [-0.25, -0.2) is 0 Å². The summed E-state index contributed by atoms with van der Waals surface area (Å²) in [5, 5.41) is 21.5. The summed E-state index contributed by atoms with van der Waals surface area (Å²) in [6, 6.07) is 2.40. The molecule has 22 heavy (non-hydrogen) atoms. The predicted molar refractivity (Wildman–Crippen MR) is 87.1 cm³/mol. The average molecular weight is 309 g/mol. The Balaban J connectivity index is 2.48. The van der Waals surface area contributed by atoms with E-state index in [0.29, 0.717) is 32.0 Å². The van der Waals surface area contributed by atoms with Crippen molar-refractivity contribution in [2.24, 2.45) is 11.8 Å². The average Bonchev–Trinajstić information content (AvgIpc) is 2.56. The molecule has 0 spiro atoms. The molecule has 5 nitrogen and oxygen atoms in total. The largest absolute Gasteiger partial charge is 0.396 e. The van der Waals surface area contributed by atoms with Crippen LogP contribution in [0.1, 0.15) is 52.4 Å². The zero-order valence-corrected chi connectivity index (χ0v) is 14.1. The second-order valence-electron chi connectivity index (χ2n) is 6.36. The smallest absolute Gasteiger partial charge is 0.236 e. The molecule has 0 aliphatic heterocycles. The lowest BCUT2D eigenvalue weighted by molar-refractivity contribution is -0.130. The molecular weight excluding hydrogens is 278 g/mol. The summed E-state index contributed by atoms with van der Waals surface area (Å²) in [7, 11) is 0. The van der Waals surface area contributed by atoms with Crippen LogP contribution in [0.15, 0.2) is 0 Å².